The highest BCUT2D eigenvalue weighted by molar-refractivity contribution is 5.32. The lowest BCUT2D eigenvalue weighted by Crippen LogP contribution is -2.45. The predicted octanol–water partition coefficient (Wildman–Crippen LogP) is 1.02. The fraction of sp³-hybridized carbons (Fsp3) is 0.667. The highest BCUT2D eigenvalue weighted by Crippen LogP contribution is 2.14. The number of aromatic nitrogens is 2. The van der Waals surface area contributed by atoms with Crippen molar-refractivity contribution < 1.29 is 4.74 Å². The van der Waals surface area contributed by atoms with Gasteiger partial charge < -0.3 is 14.5 Å². The molecule has 1 aromatic rings. The quantitative estimate of drug-likeness (QED) is 0.783. The fourth-order valence-electron chi connectivity index (χ4n) is 1.81. The maximum absolute atomic E-state index is 5.52. The van der Waals surface area contributed by atoms with Crippen molar-refractivity contribution in [2.45, 2.75) is 20.0 Å². The van der Waals surface area contributed by atoms with Gasteiger partial charge in [0, 0.05) is 26.2 Å². The van der Waals surface area contributed by atoms with Crippen LogP contribution in [0.15, 0.2) is 12.4 Å². The summed E-state index contributed by atoms with van der Waals surface area (Å²) in [5, 5.41) is 0. The van der Waals surface area contributed by atoms with Crippen LogP contribution < -0.4 is 9.64 Å². The first-order chi connectivity index (χ1) is 8.15. The van der Waals surface area contributed by atoms with Crippen LogP contribution in [0.5, 0.6) is 5.75 Å². The highest BCUT2D eigenvalue weighted by Gasteiger charge is 2.16. The number of hydrogen-bond donors (Lipinski definition) is 0. The average molecular weight is 236 g/mol. The monoisotopic (exact) mass is 236 g/mol. The summed E-state index contributed by atoms with van der Waals surface area (Å²) in [6, 6.07) is 0. The van der Waals surface area contributed by atoms with E-state index in [0.29, 0.717) is 0 Å². The van der Waals surface area contributed by atoms with E-state index in [-0.39, 0.29) is 6.10 Å². The lowest BCUT2D eigenvalue weighted by atomic mass is 10.3. The zero-order chi connectivity index (χ0) is 12.3. The van der Waals surface area contributed by atoms with Gasteiger partial charge >= 0.3 is 0 Å². The molecule has 0 N–H and O–H groups in total. The first kappa shape index (κ1) is 12.1. The molecule has 1 aliphatic heterocycles. The largest absolute Gasteiger partial charge is 0.488 e. The molecule has 0 bridgehead atoms. The van der Waals surface area contributed by atoms with E-state index in [1.807, 2.05) is 13.8 Å². The summed E-state index contributed by atoms with van der Waals surface area (Å²) >= 11 is 0. The zero-order valence-electron chi connectivity index (χ0n) is 10.8. The van der Waals surface area contributed by atoms with Crippen molar-refractivity contribution in [2.75, 3.05) is 38.1 Å². The average Bonchev–Trinajstić information content (AvgIpc) is 2.30. The van der Waals surface area contributed by atoms with Crippen LogP contribution in [-0.4, -0.2) is 54.2 Å². The zero-order valence-corrected chi connectivity index (χ0v) is 10.8. The third kappa shape index (κ3) is 3.30. The topological polar surface area (TPSA) is 41.5 Å². The standard InChI is InChI=1S/C12H20N4O/c1-10(2)17-11-8-13-12(14-9-11)16-6-4-15(3)5-7-16/h8-10H,4-7H2,1-3H3. The second kappa shape index (κ2) is 5.31. The second-order valence-electron chi connectivity index (χ2n) is 4.68. The van der Waals surface area contributed by atoms with Gasteiger partial charge in [0.25, 0.3) is 0 Å². The number of piperazine rings is 1. The Labute approximate surface area is 102 Å². The maximum atomic E-state index is 5.52. The van der Waals surface area contributed by atoms with Crippen LogP contribution in [0.4, 0.5) is 5.95 Å². The summed E-state index contributed by atoms with van der Waals surface area (Å²) in [5.74, 6) is 1.53. The van der Waals surface area contributed by atoms with Crippen LogP contribution in [-0.2, 0) is 0 Å². The predicted molar refractivity (Wildman–Crippen MR) is 67.5 cm³/mol. The van der Waals surface area contributed by atoms with Crippen molar-refractivity contribution >= 4 is 5.95 Å². The second-order valence-corrected chi connectivity index (χ2v) is 4.68. The number of likely N-dealkylation sites (N-methyl/N-ethyl adjacent to an activating group) is 1. The molecule has 94 valence electrons. The van der Waals surface area contributed by atoms with Gasteiger partial charge in [-0.1, -0.05) is 0 Å². The third-order valence-electron chi connectivity index (χ3n) is 2.77. The normalized spacial score (nSPS) is 17.5. The Kier molecular flexibility index (Phi) is 3.78. The van der Waals surface area contributed by atoms with Gasteiger partial charge in [0.15, 0.2) is 5.75 Å². The summed E-state index contributed by atoms with van der Waals surface area (Å²) in [7, 11) is 2.14. The van der Waals surface area contributed by atoms with Crippen LogP contribution in [0.3, 0.4) is 0 Å². The number of hydrogen-bond acceptors (Lipinski definition) is 5. The highest BCUT2D eigenvalue weighted by atomic mass is 16.5. The summed E-state index contributed by atoms with van der Waals surface area (Å²) in [6.45, 7) is 8.09. The molecule has 0 atom stereocenters. The first-order valence-corrected chi connectivity index (χ1v) is 6.07. The van der Waals surface area contributed by atoms with Gasteiger partial charge in [0.1, 0.15) is 0 Å². The maximum Gasteiger partial charge on any atom is 0.225 e. The Morgan fingerprint density at radius 1 is 1.12 bits per heavy atom. The summed E-state index contributed by atoms with van der Waals surface area (Å²) < 4.78 is 5.52. The fourth-order valence-corrected chi connectivity index (χ4v) is 1.81. The van der Waals surface area contributed by atoms with Crippen LogP contribution in [0, 0.1) is 0 Å². The van der Waals surface area contributed by atoms with E-state index in [1.54, 1.807) is 12.4 Å². The van der Waals surface area contributed by atoms with E-state index in [9.17, 15) is 0 Å². The molecule has 5 nitrogen and oxygen atoms in total. The first-order valence-electron chi connectivity index (χ1n) is 6.07. The molecule has 2 rings (SSSR count). The molecule has 0 saturated carbocycles. The van der Waals surface area contributed by atoms with Gasteiger partial charge in [0.05, 0.1) is 18.5 Å². The van der Waals surface area contributed by atoms with E-state index in [2.05, 4.69) is 26.8 Å². The molecule has 0 radical (unpaired) electrons. The number of nitrogens with zero attached hydrogens (tertiary/aromatic N) is 4. The Morgan fingerprint density at radius 3 is 2.24 bits per heavy atom. The van der Waals surface area contributed by atoms with Crippen LogP contribution in [0.1, 0.15) is 13.8 Å². The van der Waals surface area contributed by atoms with Crippen LogP contribution >= 0.6 is 0 Å². The molecular formula is C12H20N4O. The Morgan fingerprint density at radius 2 is 1.71 bits per heavy atom. The molecule has 1 aromatic heterocycles. The molecule has 1 aliphatic rings. The molecule has 0 spiro atoms. The molecule has 5 heteroatoms. The molecule has 0 amide bonds. The lowest BCUT2D eigenvalue weighted by molar-refractivity contribution is 0.240. The van der Waals surface area contributed by atoms with Crippen molar-refractivity contribution in [3.8, 4) is 5.75 Å². The Bertz CT molecular complexity index is 344. The summed E-state index contributed by atoms with van der Waals surface area (Å²) in [6.07, 6.45) is 3.66. The van der Waals surface area contributed by atoms with E-state index in [0.717, 1.165) is 37.9 Å². The van der Waals surface area contributed by atoms with Crippen molar-refractivity contribution in [1.29, 1.82) is 0 Å². The molecule has 1 saturated heterocycles. The molecule has 0 aromatic carbocycles. The van der Waals surface area contributed by atoms with Crippen molar-refractivity contribution in [1.82, 2.24) is 14.9 Å². The van der Waals surface area contributed by atoms with Gasteiger partial charge in [-0.2, -0.15) is 0 Å². The van der Waals surface area contributed by atoms with Gasteiger partial charge in [-0.05, 0) is 20.9 Å². The summed E-state index contributed by atoms with van der Waals surface area (Å²) in [5.41, 5.74) is 0. The van der Waals surface area contributed by atoms with Gasteiger partial charge in [-0.25, -0.2) is 9.97 Å². The van der Waals surface area contributed by atoms with Crippen LogP contribution in [0.2, 0.25) is 0 Å². The molecule has 0 aliphatic carbocycles. The van der Waals surface area contributed by atoms with E-state index < -0.39 is 0 Å². The van der Waals surface area contributed by atoms with Crippen LogP contribution in [0.25, 0.3) is 0 Å². The number of anilines is 1. The Balaban J connectivity index is 1.97. The molecule has 0 unspecified atom stereocenters. The molecule has 2 heterocycles. The SMILES string of the molecule is CC(C)Oc1cnc(N2CCN(C)CC2)nc1. The number of rotatable bonds is 3. The summed E-state index contributed by atoms with van der Waals surface area (Å²) in [4.78, 5) is 13.2. The molecule has 17 heavy (non-hydrogen) atoms. The molecule has 1 fully saturated rings. The Hall–Kier alpha value is -1.36. The van der Waals surface area contributed by atoms with Gasteiger partial charge in [-0.15, -0.1) is 0 Å². The molecular weight excluding hydrogens is 216 g/mol. The van der Waals surface area contributed by atoms with Gasteiger partial charge in [0.2, 0.25) is 5.95 Å². The third-order valence-corrected chi connectivity index (χ3v) is 2.77. The smallest absolute Gasteiger partial charge is 0.225 e. The van der Waals surface area contributed by atoms with E-state index in [1.165, 1.54) is 0 Å². The lowest BCUT2D eigenvalue weighted by Gasteiger charge is -2.32. The van der Waals surface area contributed by atoms with Gasteiger partial charge in [-0.3, -0.25) is 0 Å². The minimum atomic E-state index is 0.160. The van der Waals surface area contributed by atoms with Crippen molar-refractivity contribution in [3.05, 3.63) is 12.4 Å². The van der Waals surface area contributed by atoms with E-state index in [4.69, 9.17) is 4.74 Å². The van der Waals surface area contributed by atoms with Crippen molar-refractivity contribution in [2.24, 2.45) is 0 Å². The van der Waals surface area contributed by atoms with E-state index >= 15 is 0 Å². The minimum Gasteiger partial charge on any atom is -0.488 e. The van der Waals surface area contributed by atoms with Crippen molar-refractivity contribution in [3.63, 3.8) is 0 Å². The minimum absolute atomic E-state index is 0.160. The number of ether oxygens (including phenoxy) is 1.